The fourth-order valence-electron chi connectivity index (χ4n) is 3.86. The first-order chi connectivity index (χ1) is 10.0. The number of hydrogen-bond acceptors (Lipinski definition) is 1. The predicted octanol–water partition coefficient (Wildman–Crippen LogP) is 6.09. The van der Waals surface area contributed by atoms with E-state index in [4.69, 9.17) is 18.6 Å². The molecule has 122 valence electrons. The average Bonchev–Trinajstić information content (AvgIpc) is 2.61. The van der Waals surface area contributed by atoms with Crippen molar-refractivity contribution in [3.05, 3.63) is 40.6 Å². The quantitative estimate of drug-likeness (QED) is 0.601. The standard InChI is InChI=1S/C17H27NSi.2ClH.Ti/c1-12-14-10-8-9-11-15(14)13(2)16(12)19(6,7)18-17(3,4)5;;;/h8-12,18H,1-7H3;2*1H;/q;;;+2/p-2. The fraction of sp³-hybridized carbons (Fsp3) is 0.529. The summed E-state index contributed by atoms with van der Waals surface area (Å²) in [4.78, 5) is 3.91. The minimum atomic E-state index is -1.60. The van der Waals surface area contributed by atoms with Crippen molar-refractivity contribution in [3.63, 3.8) is 0 Å². The van der Waals surface area contributed by atoms with Gasteiger partial charge in [0, 0.05) is 11.5 Å². The molecule has 0 fully saturated rings. The molecule has 0 radical (unpaired) electrons. The Morgan fingerprint density at radius 1 is 1.14 bits per heavy atom. The van der Waals surface area contributed by atoms with E-state index in [-0.39, 0.29) is 5.54 Å². The summed E-state index contributed by atoms with van der Waals surface area (Å²) >= 11 is -0.556. The second kappa shape index (κ2) is 8.00. The maximum absolute atomic E-state index is 4.89. The molecule has 1 nitrogen and oxygen atoms in total. The van der Waals surface area contributed by atoms with Crippen LogP contribution in [0.1, 0.15) is 51.7 Å². The molecule has 0 amide bonds. The molecule has 1 aliphatic rings. The summed E-state index contributed by atoms with van der Waals surface area (Å²) in [6, 6.07) is 8.88. The Morgan fingerprint density at radius 2 is 1.64 bits per heavy atom. The number of nitrogens with one attached hydrogen (secondary N) is 1. The molecule has 1 aromatic rings. The van der Waals surface area contributed by atoms with Crippen molar-refractivity contribution in [2.75, 3.05) is 0 Å². The molecule has 1 atom stereocenters. The molecule has 1 unspecified atom stereocenters. The summed E-state index contributed by atoms with van der Waals surface area (Å²) in [6.07, 6.45) is 0. The van der Waals surface area contributed by atoms with Gasteiger partial charge in [0.25, 0.3) is 0 Å². The third kappa shape index (κ3) is 4.96. The van der Waals surface area contributed by atoms with Crippen LogP contribution >= 0.6 is 18.6 Å². The van der Waals surface area contributed by atoms with Crippen molar-refractivity contribution in [1.29, 1.82) is 0 Å². The van der Waals surface area contributed by atoms with Gasteiger partial charge in [0.2, 0.25) is 0 Å². The number of halogens is 2. The molecule has 0 saturated heterocycles. The van der Waals surface area contributed by atoms with E-state index in [2.05, 4.69) is 77.0 Å². The van der Waals surface area contributed by atoms with Crippen LogP contribution in [0.4, 0.5) is 0 Å². The van der Waals surface area contributed by atoms with E-state index >= 15 is 0 Å². The van der Waals surface area contributed by atoms with Gasteiger partial charge in [-0.25, -0.2) is 0 Å². The molecule has 0 spiro atoms. The minimum absolute atomic E-state index is 0.178. The first-order valence-electron chi connectivity index (χ1n) is 7.61. The van der Waals surface area contributed by atoms with Gasteiger partial charge in [-0.15, -0.1) is 0 Å². The molecular weight excluding hydrogens is 365 g/mol. The van der Waals surface area contributed by atoms with E-state index in [1.165, 1.54) is 16.7 Å². The molecule has 1 aliphatic carbocycles. The monoisotopic (exact) mass is 391 g/mol. The van der Waals surface area contributed by atoms with Crippen LogP contribution in [-0.2, 0) is 17.0 Å². The van der Waals surface area contributed by atoms with Crippen LogP contribution in [0, 0.1) is 0 Å². The summed E-state index contributed by atoms with van der Waals surface area (Å²) in [5, 5.41) is 1.67. The number of benzene rings is 1. The molecule has 5 heteroatoms. The van der Waals surface area contributed by atoms with Crippen LogP contribution in [0.2, 0.25) is 13.1 Å². The Kier molecular flexibility index (Phi) is 7.45. The van der Waals surface area contributed by atoms with Gasteiger partial charge in [0.1, 0.15) is 8.24 Å². The molecule has 0 aliphatic heterocycles. The van der Waals surface area contributed by atoms with E-state index in [0.717, 1.165) is 0 Å². The maximum atomic E-state index is 4.89. The molecule has 22 heavy (non-hydrogen) atoms. The zero-order chi connectivity index (χ0) is 17.1. The number of rotatable bonds is 2. The Labute approximate surface area is 153 Å². The van der Waals surface area contributed by atoms with Gasteiger partial charge < -0.3 is 4.98 Å². The predicted molar refractivity (Wildman–Crippen MR) is 99.5 cm³/mol. The van der Waals surface area contributed by atoms with E-state index in [0.29, 0.717) is 5.92 Å². The molecule has 0 aromatic heterocycles. The second-order valence-corrected chi connectivity index (χ2v) is 14.0. The van der Waals surface area contributed by atoms with Gasteiger partial charge in [-0.3, -0.25) is 0 Å². The topological polar surface area (TPSA) is 12.0 Å². The molecule has 1 N–H and O–H groups in total. The van der Waals surface area contributed by atoms with Crippen LogP contribution < -0.4 is 4.98 Å². The summed E-state index contributed by atoms with van der Waals surface area (Å²) in [6.45, 7) is 16.4. The van der Waals surface area contributed by atoms with Gasteiger partial charge in [-0.2, -0.15) is 0 Å². The van der Waals surface area contributed by atoms with E-state index in [1.54, 1.807) is 5.20 Å². The summed E-state index contributed by atoms with van der Waals surface area (Å²) < 4.78 is 0. The molecule has 2 rings (SSSR count). The molecule has 0 bridgehead atoms. The zero-order valence-electron chi connectivity index (χ0n) is 14.6. The van der Waals surface area contributed by atoms with Crippen LogP contribution in [0.15, 0.2) is 29.5 Å². The van der Waals surface area contributed by atoms with Crippen LogP contribution in [0.3, 0.4) is 0 Å². The molecule has 1 aromatic carbocycles. The average molecular weight is 392 g/mol. The zero-order valence-corrected chi connectivity index (χ0v) is 18.7. The van der Waals surface area contributed by atoms with Crippen molar-refractivity contribution in [2.24, 2.45) is 0 Å². The molecular formula is C17H27Cl2NSiTi. The Bertz CT molecular complexity index is 550. The van der Waals surface area contributed by atoms with Crippen LogP contribution in [0.5, 0.6) is 0 Å². The number of hydrogen-bond donors (Lipinski definition) is 1. The van der Waals surface area contributed by atoms with Crippen molar-refractivity contribution in [1.82, 2.24) is 4.98 Å². The Morgan fingerprint density at radius 3 is 2.09 bits per heavy atom. The van der Waals surface area contributed by atoms with Gasteiger partial charge in [-0.05, 0) is 44.4 Å². The van der Waals surface area contributed by atoms with Gasteiger partial charge >= 0.3 is 35.6 Å². The summed E-state index contributed by atoms with van der Waals surface area (Å²) in [5.41, 5.74) is 4.65. The van der Waals surface area contributed by atoms with Crippen LogP contribution in [0.25, 0.3) is 5.57 Å². The van der Waals surface area contributed by atoms with Gasteiger partial charge in [0.15, 0.2) is 0 Å². The SMILES string of the molecule is CC1=C([Si](C)(C)NC(C)(C)C)C(C)c2ccccc21.[Cl][Ti][Cl]. The molecule has 0 saturated carbocycles. The van der Waals surface area contributed by atoms with Crippen molar-refractivity contribution >= 4 is 32.4 Å². The Balaban J connectivity index is 0.000000745. The van der Waals surface area contributed by atoms with Gasteiger partial charge in [-0.1, -0.05) is 49.5 Å². The first kappa shape index (κ1) is 20.5. The second-order valence-electron chi connectivity index (χ2n) is 7.42. The molecule has 0 heterocycles. The summed E-state index contributed by atoms with van der Waals surface area (Å²) in [7, 11) is 8.18. The third-order valence-electron chi connectivity index (χ3n) is 4.03. The number of allylic oxidation sites excluding steroid dienone is 2. The van der Waals surface area contributed by atoms with Crippen molar-refractivity contribution in [3.8, 4) is 0 Å². The van der Waals surface area contributed by atoms with Gasteiger partial charge in [0.05, 0.1) is 0 Å². The third-order valence-corrected chi connectivity index (χ3v) is 7.56. The van der Waals surface area contributed by atoms with E-state index in [9.17, 15) is 0 Å². The van der Waals surface area contributed by atoms with Crippen molar-refractivity contribution < 1.29 is 17.0 Å². The van der Waals surface area contributed by atoms with Crippen molar-refractivity contribution in [2.45, 2.75) is 59.2 Å². The van der Waals surface area contributed by atoms with E-state index in [1.807, 2.05) is 0 Å². The Hall–Kier alpha value is 0.431. The summed E-state index contributed by atoms with van der Waals surface area (Å²) in [5.74, 6) is 0.563. The fourth-order valence-corrected chi connectivity index (χ4v) is 8.18. The van der Waals surface area contributed by atoms with Crippen LogP contribution in [-0.4, -0.2) is 13.8 Å². The first-order valence-corrected chi connectivity index (χ1v) is 14.9. The number of fused-ring (bicyclic) bond motifs is 1. The normalized spacial score (nSPS) is 17.8. The van der Waals surface area contributed by atoms with E-state index < -0.39 is 25.3 Å².